The van der Waals surface area contributed by atoms with Crippen LogP contribution in [0.2, 0.25) is 0 Å². The van der Waals surface area contributed by atoms with E-state index in [2.05, 4.69) is 48.7 Å². The maximum absolute atomic E-state index is 5.79. The number of aryl methyl sites for hydroxylation is 1. The zero-order chi connectivity index (χ0) is 12.1. The average molecular weight is 263 g/mol. The smallest absolute Gasteiger partial charge is 0.0374 e. The van der Waals surface area contributed by atoms with Crippen molar-refractivity contribution in [1.29, 1.82) is 0 Å². The summed E-state index contributed by atoms with van der Waals surface area (Å²) in [6, 6.07) is 12.7. The van der Waals surface area contributed by atoms with E-state index >= 15 is 0 Å². The Balaban J connectivity index is 2.43. The lowest BCUT2D eigenvalue weighted by Gasteiger charge is -2.07. The van der Waals surface area contributed by atoms with Gasteiger partial charge in [-0.3, -0.25) is 0 Å². The highest BCUT2D eigenvalue weighted by Crippen LogP contribution is 2.30. The van der Waals surface area contributed by atoms with Crippen molar-refractivity contribution in [1.82, 2.24) is 0 Å². The van der Waals surface area contributed by atoms with Crippen LogP contribution in [0.5, 0.6) is 0 Å². The Labute approximate surface area is 112 Å². The highest BCUT2D eigenvalue weighted by atomic mass is 35.5. The van der Waals surface area contributed by atoms with Crippen LogP contribution in [0.1, 0.15) is 22.4 Å². The third-order valence-electron chi connectivity index (χ3n) is 2.65. The van der Waals surface area contributed by atoms with Gasteiger partial charge < -0.3 is 0 Å². The fraction of sp³-hybridized carbons (Fsp3) is 0.200. The van der Waals surface area contributed by atoms with Crippen LogP contribution in [0.25, 0.3) is 5.57 Å². The number of alkyl halides is 1. The summed E-state index contributed by atoms with van der Waals surface area (Å²) in [5.41, 5.74) is 3.90. The topological polar surface area (TPSA) is 0 Å². The molecular formula is C15H15ClS. The molecule has 1 aromatic heterocycles. The van der Waals surface area contributed by atoms with Gasteiger partial charge in [0.1, 0.15) is 0 Å². The molecule has 0 amide bonds. The summed E-state index contributed by atoms with van der Waals surface area (Å²) in [4.78, 5) is 1.35. The molecule has 0 unspecified atom stereocenters. The standard InChI is InChI=1S/C15H15ClS/c1-12-9-11-17-15(12)14(8-5-10-16)13-6-3-2-4-7-13/h2-4,6-9,11H,5,10H2,1H3. The molecule has 0 spiro atoms. The molecule has 0 fully saturated rings. The molecule has 1 heterocycles. The van der Waals surface area contributed by atoms with Crippen molar-refractivity contribution in [3.63, 3.8) is 0 Å². The first kappa shape index (κ1) is 12.4. The average Bonchev–Trinajstić information content (AvgIpc) is 2.78. The molecule has 0 aliphatic carbocycles. The molecule has 2 rings (SSSR count). The Morgan fingerprint density at radius 1 is 1.24 bits per heavy atom. The molecular weight excluding hydrogens is 248 g/mol. The second kappa shape index (κ2) is 6.04. The van der Waals surface area contributed by atoms with E-state index in [9.17, 15) is 0 Å². The van der Waals surface area contributed by atoms with Gasteiger partial charge >= 0.3 is 0 Å². The van der Waals surface area contributed by atoms with Gasteiger partial charge in [0, 0.05) is 10.8 Å². The van der Waals surface area contributed by atoms with Crippen LogP contribution in [0, 0.1) is 6.92 Å². The van der Waals surface area contributed by atoms with E-state index < -0.39 is 0 Å². The zero-order valence-corrected chi connectivity index (χ0v) is 11.4. The minimum Gasteiger partial charge on any atom is -0.144 e. The fourth-order valence-electron chi connectivity index (χ4n) is 1.81. The lowest BCUT2D eigenvalue weighted by atomic mass is 10.0. The molecule has 0 aliphatic rings. The van der Waals surface area contributed by atoms with Crippen molar-refractivity contribution in [2.75, 3.05) is 5.88 Å². The Morgan fingerprint density at radius 2 is 2.00 bits per heavy atom. The number of hydrogen-bond acceptors (Lipinski definition) is 1. The maximum atomic E-state index is 5.79. The van der Waals surface area contributed by atoms with Gasteiger partial charge in [-0.15, -0.1) is 22.9 Å². The van der Waals surface area contributed by atoms with Crippen molar-refractivity contribution in [2.24, 2.45) is 0 Å². The van der Waals surface area contributed by atoms with Gasteiger partial charge in [-0.25, -0.2) is 0 Å². The van der Waals surface area contributed by atoms with Gasteiger partial charge in [0.25, 0.3) is 0 Å². The fourth-order valence-corrected chi connectivity index (χ4v) is 2.91. The molecule has 1 aromatic carbocycles. The zero-order valence-electron chi connectivity index (χ0n) is 9.82. The molecule has 0 saturated heterocycles. The van der Waals surface area contributed by atoms with Crippen LogP contribution in [0.15, 0.2) is 47.9 Å². The number of thiophene rings is 1. The minimum atomic E-state index is 0.667. The molecule has 88 valence electrons. The highest BCUT2D eigenvalue weighted by Gasteiger charge is 2.08. The highest BCUT2D eigenvalue weighted by molar-refractivity contribution is 7.11. The molecule has 0 saturated carbocycles. The summed E-state index contributed by atoms with van der Waals surface area (Å²) in [6.07, 6.45) is 3.14. The Hall–Kier alpha value is -1.05. The van der Waals surface area contributed by atoms with Crippen molar-refractivity contribution >= 4 is 28.5 Å². The number of hydrogen-bond donors (Lipinski definition) is 0. The number of rotatable bonds is 4. The van der Waals surface area contributed by atoms with Gasteiger partial charge in [-0.1, -0.05) is 36.4 Å². The number of allylic oxidation sites excluding steroid dienone is 1. The van der Waals surface area contributed by atoms with Crippen molar-refractivity contribution in [3.05, 3.63) is 63.9 Å². The molecule has 0 bridgehead atoms. The number of benzene rings is 1. The minimum absolute atomic E-state index is 0.667. The molecule has 0 N–H and O–H groups in total. The molecule has 0 radical (unpaired) electrons. The van der Waals surface area contributed by atoms with Crippen LogP contribution in [-0.4, -0.2) is 5.88 Å². The Kier molecular flexibility index (Phi) is 4.41. The van der Waals surface area contributed by atoms with Gasteiger partial charge in [0.05, 0.1) is 0 Å². The molecule has 0 atom stereocenters. The first-order valence-corrected chi connectivity index (χ1v) is 7.10. The van der Waals surface area contributed by atoms with Crippen LogP contribution in [0.3, 0.4) is 0 Å². The van der Waals surface area contributed by atoms with E-state index in [0.29, 0.717) is 5.88 Å². The Morgan fingerprint density at radius 3 is 2.59 bits per heavy atom. The molecule has 0 nitrogen and oxygen atoms in total. The summed E-state index contributed by atoms with van der Waals surface area (Å²) in [6.45, 7) is 2.16. The first-order chi connectivity index (χ1) is 8.33. The van der Waals surface area contributed by atoms with Crippen molar-refractivity contribution in [2.45, 2.75) is 13.3 Å². The Bertz CT molecular complexity index is 497. The maximum Gasteiger partial charge on any atom is 0.0374 e. The van der Waals surface area contributed by atoms with E-state index in [1.54, 1.807) is 11.3 Å². The van der Waals surface area contributed by atoms with Crippen LogP contribution in [-0.2, 0) is 0 Å². The third-order valence-corrected chi connectivity index (χ3v) is 3.92. The third kappa shape index (κ3) is 2.99. The first-order valence-electron chi connectivity index (χ1n) is 5.69. The normalized spacial score (nSPS) is 11.8. The lowest BCUT2D eigenvalue weighted by molar-refractivity contribution is 1.23. The van der Waals surface area contributed by atoms with Crippen LogP contribution < -0.4 is 0 Å². The second-order valence-corrected chi connectivity index (χ2v) is 5.19. The second-order valence-electron chi connectivity index (χ2n) is 3.89. The summed E-state index contributed by atoms with van der Waals surface area (Å²) in [7, 11) is 0. The molecule has 0 aliphatic heterocycles. The van der Waals surface area contributed by atoms with Crippen LogP contribution >= 0.6 is 22.9 Å². The molecule has 2 aromatic rings. The van der Waals surface area contributed by atoms with Gasteiger partial charge in [-0.05, 0) is 41.5 Å². The van der Waals surface area contributed by atoms with E-state index in [0.717, 1.165) is 6.42 Å². The summed E-state index contributed by atoms with van der Waals surface area (Å²) in [5, 5.41) is 2.14. The summed E-state index contributed by atoms with van der Waals surface area (Å²) < 4.78 is 0. The van der Waals surface area contributed by atoms with E-state index in [1.807, 2.05) is 6.07 Å². The van der Waals surface area contributed by atoms with Crippen molar-refractivity contribution < 1.29 is 0 Å². The largest absolute Gasteiger partial charge is 0.144 e. The van der Waals surface area contributed by atoms with Crippen molar-refractivity contribution in [3.8, 4) is 0 Å². The molecule has 17 heavy (non-hydrogen) atoms. The predicted octanol–water partition coefficient (Wildman–Crippen LogP) is 5.12. The van der Waals surface area contributed by atoms with E-state index in [1.165, 1.54) is 21.6 Å². The lowest BCUT2D eigenvalue weighted by Crippen LogP contribution is -1.87. The number of halogens is 1. The van der Waals surface area contributed by atoms with Gasteiger partial charge in [-0.2, -0.15) is 0 Å². The molecule has 2 heteroatoms. The predicted molar refractivity (Wildman–Crippen MR) is 77.9 cm³/mol. The van der Waals surface area contributed by atoms with Gasteiger partial charge in [0.15, 0.2) is 0 Å². The summed E-state index contributed by atoms with van der Waals surface area (Å²) in [5.74, 6) is 0.667. The SMILES string of the molecule is Cc1ccsc1C(=CCCCl)c1ccccc1. The summed E-state index contributed by atoms with van der Waals surface area (Å²) >= 11 is 7.58. The monoisotopic (exact) mass is 262 g/mol. The van der Waals surface area contributed by atoms with E-state index in [-0.39, 0.29) is 0 Å². The van der Waals surface area contributed by atoms with E-state index in [4.69, 9.17) is 11.6 Å². The quantitative estimate of drug-likeness (QED) is 0.671. The van der Waals surface area contributed by atoms with Crippen LogP contribution in [0.4, 0.5) is 0 Å². The van der Waals surface area contributed by atoms with Gasteiger partial charge in [0.2, 0.25) is 0 Å².